The molecule has 1 aromatic carbocycles. The molecule has 1 aromatic heterocycles. The highest BCUT2D eigenvalue weighted by molar-refractivity contribution is 5.83. The Balaban J connectivity index is 1.48. The Hall–Kier alpha value is -1.81. The van der Waals surface area contributed by atoms with E-state index in [0.717, 1.165) is 32.4 Å². The van der Waals surface area contributed by atoms with Crippen LogP contribution in [-0.4, -0.2) is 30.0 Å². The van der Waals surface area contributed by atoms with Gasteiger partial charge < -0.3 is 15.6 Å². The van der Waals surface area contributed by atoms with Gasteiger partial charge in [0.15, 0.2) is 0 Å². The van der Waals surface area contributed by atoms with Gasteiger partial charge in [0.05, 0.1) is 0 Å². The standard InChI is InChI=1S/C16H21N3O/c20-16(19-13-8-9-17-11-13)7-3-4-12-10-18-15-6-2-1-5-14(12)15/h1-2,5-6,10,13,17-18H,3-4,7-9,11H2,(H,19,20). The van der Waals surface area contributed by atoms with E-state index in [9.17, 15) is 4.79 Å². The van der Waals surface area contributed by atoms with Crippen LogP contribution < -0.4 is 10.6 Å². The molecule has 1 atom stereocenters. The Morgan fingerprint density at radius 2 is 2.25 bits per heavy atom. The second-order valence-corrected chi connectivity index (χ2v) is 5.47. The molecule has 1 unspecified atom stereocenters. The summed E-state index contributed by atoms with van der Waals surface area (Å²) in [5.74, 6) is 0.179. The van der Waals surface area contributed by atoms with Gasteiger partial charge in [0.2, 0.25) is 5.91 Å². The number of fused-ring (bicyclic) bond motifs is 1. The lowest BCUT2D eigenvalue weighted by atomic mass is 10.1. The van der Waals surface area contributed by atoms with Crippen molar-refractivity contribution >= 4 is 16.8 Å². The van der Waals surface area contributed by atoms with E-state index in [-0.39, 0.29) is 5.91 Å². The third kappa shape index (κ3) is 3.02. The molecule has 0 radical (unpaired) electrons. The van der Waals surface area contributed by atoms with E-state index in [4.69, 9.17) is 0 Å². The van der Waals surface area contributed by atoms with E-state index >= 15 is 0 Å². The van der Waals surface area contributed by atoms with E-state index < -0.39 is 0 Å². The first kappa shape index (κ1) is 13.2. The normalized spacial score (nSPS) is 18.5. The van der Waals surface area contributed by atoms with Crippen LogP contribution in [0.4, 0.5) is 0 Å². The molecule has 1 aliphatic rings. The first-order chi connectivity index (χ1) is 9.83. The smallest absolute Gasteiger partial charge is 0.220 e. The first-order valence-corrected chi connectivity index (χ1v) is 7.38. The molecule has 0 bridgehead atoms. The number of para-hydroxylation sites is 1. The van der Waals surface area contributed by atoms with Gasteiger partial charge in [-0.25, -0.2) is 0 Å². The van der Waals surface area contributed by atoms with Crippen molar-refractivity contribution in [3.05, 3.63) is 36.0 Å². The molecule has 1 amide bonds. The molecule has 0 aliphatic carbocycles. The first-order valence-electron chi connectivity index (χ1n) is 7.38. The van der Waals surface area contributed by atoms with Gasteiger partial charge in [-0.3, -0.25) is 4.79 Å². The summed E-state index contributed by atoms with van der Waals surface area (Å²) in [4.78, 5) is 15.1. The maximum Gasteiger partial charge on any atom is 0.220 e. The van der Waals surface area contributed by atoms with E-state index in [0.29, 0.717) is 12.5 Å². The van der Waals surface area contributed by atoms with Gasteiger partial charge in [0.25, 0.3) is 0 Å². The number of carbonyl (C=O) groups excluding carboxylic acids is 1. The fourth-order valence-corrected chi connectivity index (χ4v) is 2.86. The van der Waals surface area contributed by atoms with Crippen LogP contribution in [-0.2, 0) is 11.2 Å². The van der Waals surface area contributed by atoms with Crippen LogP contribution in [0.5, 0.6) is 0 Å². The average molecular weight is 271 g/mol. The molecule has 2 aromatic rings. The van der Waals surface area contributed by atoms with E-state index in [2.05, 4.69) is 40.0 Å². The lowest BCUT2D eigenvalue weighted by molar-refractivity contribution is -0.121. The summed E-state index contributed by atoms with van der Waals surface area (Å²) in [5.41, 5.74) is 2.47. The number of H-pyrrole nitrogens is 1. The molecule has 1 aliphatic heterocycles. The largest absolute Gasteiger partial charge is 0.361 e. The molecule has 1 saturated heterocycles. The van der Waals surface area contributed by atoms with Crippen molar-refractivity contribution < 1.29 is 4.79 Å². The van der Waals surface area contributed by atoms with Crippen molar-refractivity contribution in [2.75, 3.05) is 13.1 Å². The third-order valence-corrected chi connectivity index (χ3v) is 3.95. The Bertz CT molecular complexity index is 584. The van der Waals surface area contributed by atoms with E-state index in [1.165, 1.54) is 16.5 Å². The summed E-state index contributed by atoms with van der Waals surface area (Å²) in [7, 11) is 0. The fourth-order valence-electron chi connectivity index (χ4n) is 2.86. The zero-order valence-corrected chi connectivity index (χ0v) is 11.6. The lowest BCUT2D eigenvalue weighted by Gasteiger charge is -2.10. The number of hydrogen-bond acceptors (Lipinski definition) is 2. The summed E-state index contributed by atoms with van der Waals surface area (Å²) in [6.07, 6.45) is 5.56. The number of nitrogens with one attached hydrogen (secondary N) is 3. The lowest BCUT2D eigenvalue weighted by Crippen LogP contribution is -2.36. The van der Waals surface area contributed by atoms with Crippen molar-refractivity contribution in [1.82, 2.24) is 15.6 Å². The molecule has 20 heavy (non-hydrogen) atoms. The van der Waals surface area contributed by atoms with Crippen LogP contribution in [0.2, 0.25) is 0 Å². The molecule has 0 saturated carbocycles. The highest BCUT2D eigenvalue weighted by Crippen LogP contribution is 2.19. The summed E-state index contributed by atoms with van der Waals surface area (Å²) >= 11 is 0. The van der Waals surface area contributed by atoms with Gasteiger partial charge in [0, 0.05) is 36.1 Å². The fraction of sp³-hybridized carbons (Fsp3) is 0.438. The maximum atomic E-state index is 11.8. The Labute approximate surface area is 118 Å². The van der Waals surface area contributed by atoms with Crippen molar-refractivity contribution in [2.45, 2.75) is 31.7 Å². The minimum Gasteiger partial charge on any atom is -0.361 e. The number of rotatable bonds is 5. The Kier molecular flexibility index (Phi) is 4.02. The molecular weight excluding hydrogens is 250 g/mol. The minimum absolute atomic E-state index is 0.179. The van der Waals surface area contributed by atoms with Crippen LogP contribution in [0.1, 0.15) is 24.8 Å². The monoisotopic (exact) mass is 271 g/mol. The third-order valence-electron chi connectivity index (χ3n) is 3.95. The number of aryl methyl sites for hydroxylation is 1. The quantitative estimate of drug-likeness (QED) is 0.778. The predicted molar refractivity (Wildman–Crippen MR) is 80.7 cm³/mol. The molecule has 1 fully saturated rings. The minimum atomic E-state index is 0.179. The van der Waals surface area contributed by atoms with Crippen LogP contribution in [0.3, 0.4) is 0 Å². The zero-order chi connectivity index (χ0) is 13.8. The highest BCUT2D eigenvalue weighted by atomic mass is 16.1. The topological polar surface area (TPSA) is 56.9 Å². The van der Waals surface area contributed by atoms with Crippen molar-refractivity contribution in [3.63, 3.8) is 0 Å². The van der Waals surface area contributed by atoms with Gasteiger partial charge in [-0.1, -0.05) is 18.2 Å². The Morgan fingerprint density at radius 3 is 3.10 bits per heavy atom. The maximum absolute atomic E-state index is 11.8. The molecule has 2 heterocycles. The van der Waals surface area contributed by atoms with Crippen LogP contribution in [0.25, 0.3) is 10.9 Å². The number of aromatic amines is 1. The molecule has 3 N–H and O–H groups in total. The van der Waals surface area contributed by atoms with Crippen molar-refractivity contribution in [1.29, 1.82) is 0 Å². The van der Waals surface area contributed by atoms with Crippen LogP contribution in [0, 0.1) is 0 Å². The number of amides is 1. The van der Waals surface area contributed by atoms with Gasteiger partial charge in [-0.15, -0.1) is 0 Å². The summed E-state index contributed by atoms with van der Waals surface area (Å²) < 4.78 is 0. The van der Waals surface area contributed by atoms with Gasteiger partial charge in [0.1, 0.15) is 0 Å². The van der Waals surface area contributed by atoms with Gasteiger partial charge >= 0.3 is 0 Å². The highest BCUT2D eigenvalue weighted by Gasteiger charge is 2.16. The molecule has 0 spiro atoms. The van der Waals surface area contributed by atoms with Crippen molar-refractivity contribution in [2.24, 2.45) is 0 Å². The summed E-state index contributed by atoms with van der Waals surface area (Å²) in [5, 5.41) is 7.62. The van der Waals surface area contributed by atoms with Crippen LogP contribution >= 0.6 is 0 Å². The summed E-state index contributed by atoms with van der Waals surface area (Å²) in [6, 6.07) is 8.63. The molecular formula is C16H21N3O. The van der Waals surface area contributed by atoms with Crippen LogP contribution in [0.15, 0.2) is 30.5 Å². The van der Waals surface area contributed by atoms with E-state index in [1.807, 2.05) is 6.07 Å². The second kappa shape index (κ2) is 6.09. The number of carbonyl (C=O) groups is 1. The van der Waals surface area contributed by atoms with Gasteiger partial charge in [-0.05, 0) is 37.4 Å². The number of hydrogen-bond donors (Lipinski definition) is 3. The predicted octanol–water partition coefficient (Wildman–Crippen LogP) is 1.97. The number of benzene rings is 1. The number of aromatic nitrogens is 1. The van der Waals surface area contributed by atoms with Crippen molar-refractivity contribution in [3.8, 4) is 0 Å². The Morgan fingerprint density at radius 1 is 1.35 bits per heavy atom. The van der Waals surface area contributed by atoms with E-state index in [1.54, 1.807) is 0 Å². The molecule has 106 valence electrons. The molecule has 4 nitrogen and oxygen atoms in total. The average Bonchev–Trinajstić information content (AvgIpc) is 3.09. The van der Waals surface area contributed by atoms with Gasteiger partial charge in [-0.2, -0.15) is 0 Å². The second-order valence-electron chi connectivity index (χ2n) is 5.47. The SMILES string of the molecule is O=C(CCCc1c[nH]c2ccccc12)NC1CCNC1. The zero-order valence-electron chi connectivity index (χ0n) is 11.6. The molecule has 3 rings (SSSR count). The molecule has 4 heteroatoms. The summed E-state index contributed by atoms with van der Waals surface area (Å²) in [6.45, 7) is 1.93.